The fourth-order valence-corrected chi connectivity index (χ4v) is 2.83. The molecule has 1 aliphatic rings. The van der Waals surface area contributed by atoms with Gasteiger partial charge in [0.05, 0.1) is 0 Å². The SMILES string of the molecule is CC(NC(=O)c1n[nH]c2c1CNCC2)C(C)(C)CN(C)C. The number of nitrogens with one attached hydrogen (secondary N) is 3. The molecular formula is C15H27N5O. The van der Waals surface area contributed by atoms with Crippen molar-refractivity contribution in [1.82, 2.24) is 25.7 Å². The largest absolute Gasteiger partial charge is 0.348 e. The molecule has 6 heteroatoms. The lowest BCUT2D eigenvalue weighted by Gasteiger charge is -2.34. The first-order chi connectivity index (χ1) is 9.81. The number of aromatic nitrogens is 2. The first-order valence-corrected chi connectivity index (χ1v) is 7.53. The van der Waals surface area contributed by atoms with Crippen molar-refractivity contribution >= 4 is 5.91 Å². The molecule has 0 spiro atoms. The molecule has 1 unspecified atom stereocenters. The number of carbonyl (C=O) groups excluding carboxylic acids is 1. The summed E-state index contributed by atoms with van der Waals surface area (Å²) in [7, 11) is 4.10. The van der Waals surface area contributed by atoms with E-state index in [1.807, 2.05) is 14.1 Å². The normalized spacial score (nSPS) is 16.7. The molecule has 0 fully saturated rings. The predicted molar refractivity (Wildman–Crippen MR) is 83.3 cm³/mol. The summed E-state index contributed by atoms with van der Waals surface area (Å²) in [5.74, 6) is -0.0875. The van der Waals surface area contributed by atoms with Crippen LogP contribution in [0.1, 0.15) is 42.5 Å². The van der Waals surface area contributed by atoms with Crippen molar-refractivity contribution < 1.29 is 4.79 Å². The van der Waals surface area contributed by atoms with Crippen LogP contribution >= 0.6 is 0 Å². The van der Waals surface area contributed by atoms with Gasteiger partial charge in [-0.1, -0.05) is 13.8 Å². The van der Waals surface area contributed by atoms with Gasteiger partial charge in [0.25, 0.3) is 5.91 Å². The molecule has 1 aliphatic heterocycles. The van der Waals surface area contributed by atoms with Crippen LogP contribution in [0.5, 0.6) is 0 Å². The number of rotatable bonds is 5. The van der Waals surface area contributed by atoms with Gasteiger partial charge in [0.1, 0.15) is 0 Å². The molecule has 2 heterocycles. The Morgan fingerprint density at radius 1 is 1.48 bits per heavy atom. The van der Waals surface area contributed by atoms with E-state index in [9.17, 15) is 4.79 Å². The van der Waals surface area contributed by atoms with Gasteiger partial charge in [-0.15, -0.1) is 0 Å². The van der Waals surface area contributed by atoms with Crippen molar-refractivity contribution in [2.75, 3.05) is 27.2 Å². The molecule has 0 saturated carbocycles. The van der Waals surface area contributed by atoms with E-state index in [4.69, 9.17) is 0 Å². The van der Waals surface area contributed by atoms with Gasteiger partial charge in [-0.25, -0.2) is 0 Å². The van der Waals surface area contributed by atoms with Crippen LogP contribution in [0.3, 0.4) is 0 Å². The van der Waals surface area contributed by atoms with Crippen molar-refractivity contribution in [3.05, 3.63) is 17.0 Å². The van der Waals surface area contributed by atoms with Crippen molar-refractivity contribution in [2.45, 2.75) is 39.8 Å². The van der Waals surface area contributed by atoms with E-state index in [1.54, 1.807) is 0 Å². The number of carbonyl (C=O) groups is 1. The molecule has 118 valence electrons. The zero-order chi connectivity index (χ0) is 15.6. The van der Waals surface area contributed by atoms with E-state index in [0.29, 0.717) is 12.2 Å². The predicted octanol–water partition coefficient (Wildman–Crippen LogP) is 0.762. The Balaban J connectivity index is 2.06. The summed E-state index contributed by atoms with van der Waals surface area (Å²) in [6.07, 6.45) is 0.900. The third-order valence-corrected chi connectivity index (χ3v) is 4.26. The molecule has 0 bridgehead atoms. The molecule has 2 rings (SSSR count). The highest BCUT2D eigenvalue weighted by molar-refractivity contribution is 5.94. The van der Waals surface area contributed by atoms with Crippen molar-refractivity contribution in [3.8, 4) is 0 Å². The van der Waals surface area contributed by atoms with E-state index in [0.717, 1.165) is 30.8 Å². The molecule has 0 saturated heterocycles. The van der Waals surface area contributed by atoms with Crippen molar-refractivity contribution in [3.63, 3.8) is 0 Å². The number of amides is 1. The van der Waals surface area contributed by atoms with Gasteiger partial charge in [0.15, 0.2) is 5.69 Å². The van der Waals surface area contributed by atoms with Crippen LogP contribution in [0.2, 0.25) is 0 Å². The summed E-state index contributed by atoms with van der Waals surface area (Å²) in [6, 6.07) is 0.0660. The second-order valence-corrected chi connectivity index (χ2v) is 6.88. The summed E-state index contributed by atoms with van der Waals surface area (Å²) in [5, 5.41) is 13.6. The quantitative estimate of drug-likeness (QED) is 0.749. The molecule has 0 aliphatic carbocycles. The molecule has 0 aromatic carbocycles. The van der Waals surface area contributed by atoms with Crippen LogP contribution < -0.4 is 10.6 Å². The monoisotopic (exact) mass is 293 g/mol. The number of hydrogen-bond acceptors (Lipinski definition) is 4. The highest BCUT2D eigenvalue weighted by atomic mass is 16.2. The summed E-state index contributed by atoms with van der Waals surface area (Å²) in [4.78, 5) is 14.6. The maximum Gasteiger partial charge on any atom is 0.272 e. The van der Waals surface area contributed by atoms with E-state index in [2.05, 4.69) is 46.5 Å². The van der Waals surface area contributed by atoms with Gasteiger partial charge in [-0.3, -0.25) is 9.89 Å². The Kier molecular flexibility index (Phi) is 4.68. The summed E-state index contributed by atoms with van der Waals surface area (Å²) in [6.45, 7) is 8.94. The minimum absolute atomic E-state index is 0.00617. The van der Waals surface area contributed by atoms with Crippen molar-refractivity contribution in [1.29, 1.82) is 0 Å². The fourth-order valence-electron chi connectivity index (χ4n) is 2.83. The van der Waals surface area contributed by atoms with Crippen LogP contribution in [0.25, 0.3) is 0 Å². The molecule has 1 aromatic heterocycles. The van der Waals surface area contributed by atoms with Gasteiger partial charge in [-0.2, -0.15) is 5.10 Å². The van der Waals surface area contributed by atoms with E-state index in [-0.39, 0.29) is 17.4 Å². The molecule has 1 atom stereocenters. The molecule has 0 radical (unpaired) electrons. The van der Waals surface area contributed by atoms with Crippen LogP contribution in [-0.4, -0.2) is 54.2 Å². The Bertz CT molecular complexity index is 506. The van der Waals surface area contributed by atoms with Gasteiger partial charge >= 0.3 is 0 Å². The molecule has 3 N–H and O–H groups in total. The minimum atomic E-state index is -0.0875. The summed E-state index contributed by atoms with van der Waals surface area (Å²) in [5.41, 5.74) is 2.62. The third-order valence-electron chi connectivity index (χ3n) is 4.26. The number of hydrogen-bond donors (Lipinski definition) is 3. The van der Waals surface area contributed by atoms with E-state index < -0.39 is 0 Å². The Labute approximate surface area is 126 Å². The number of nitrogens with zero attached hydrogens (tertiary/aromatic N) is 2. The Morgan fingerprint density at radius 3 is 2.86 bits per heavy atom. The van der Waals surface area contributed by atoms with Crippen molar-refractivity contribution in [2.24, 2.45) is 5.41 Å². The van der Waals surface area contributed by atoms with Gasteiger partial charge in [0.2, 0.25) is 0 Å². The van der Waals surface area contributed by atoms with E-state index >= 15 is 0 Å². The van der Waals surface area contributed by atoms with Gasteiger partial charge < -0.3 is 15.5 Å². The van der Waals surface area contributed by atoms with Gasteiger partial charge in [-0.05, 0) is 26.4 Å². The standard InChI is InChI=1S/C15H27N5O/c1-10(15(2,3)9-20(4)5)17-14(21)13-11-8-16-7-6-12(11)18-19-13/h10,16H,6-9H2,1-5H3,(H,17,21)(H,18,19). The Morgan fingerprint density at radius 2 is 2.19 bits per heavy atom. The lowest BCUT2D eigenvalue weighted by molar-refractivity contribution is 0.0879. The average molecular weight is 293 g/mol. The number of H-pyrrole nitrogens is 1. The first kappa shape index (κ1) is 16.0. The molecule has 21 heavy (non-hydrogen) atoms. The highest BCUT2D eigenvalue weighted by Crippen LogP contribution is 2.22. The minimum Gasteiger partial charge on any atom is -0.348 e. The lowest BCUT2D eigenvalue weighted by atomic mass is 9.85. The molecule has 1 amide bonds. The zero-order valence-electron chi connectivity index (χ0n) is 13.7. The van der Waals surface area contributed by atoms with Crippen LogP contribution in [0.15, 0.2) is 0 Å². The summed E-state index contributed by atoms with van der Waals surface area (Å²) >= 11 is 0. The topological polar surface area (TPSA) is 73.0 Å². The van der Waals surface area contributed by atoms with Gasteiger partial charge in [0, 0.05) is 43.4 Å². The second-order valence-electron chi connectivity index (χ2n) is 6.88. The number of fused-ring (bicyclic) bond motifs is 1. The maximum atomic E-state index is 12.5. The van der Waals surface area contributed by atoms with Crippen LogP contribution in [-0.2, 0) is 13.0 Å². The lowest BCUT2D eigenvalue weighted by Crippen LogP contribution is -2.47. The van der Waals surface area contributed by atoms with Crippen LogP contribution in [0, 0.1) is 5.41 Å². The number of aromatic amines is 1. The first-order valence-electron chi connectivity index (χ1n) is 7.53. The summed E-state index contributed by atoms with van der Waals surface area (Å²) < 4.78 is 0. The molecule has 6 nitrogen and oxygen atoms in total. The Hall–Kier alpha value is -1.40. The smallest absolute Gasteiger partial charge is 0.272 e. The maximum absolute atomic E-state index is 12.5. The fraction of sp³-hybridized carbons (Fsp3) is 0.733. The van der Waals surface area contributed by atoms with Crippen LogP contribution in [0.4, 0.5) is 0 Å². The molecule has 1 aromatic rings. The van der Waals surface area contributed by atoms with E-state index in [1.165, 1.54) is 0 Å². The molecular weight excluding hydrogens is 266 g/mol. The second kappa shape index (κ2) is 6.15. The zero-order valence-corrected chi connectivity index (χ0v) is 13.7. The highest BCUT2D eigenvalue weighted by Gasteiger charge is 2.30. The average Bonchev–Trinajstić information content (AvgIpc) is 2.80. The third kappa shape index (κ3) is 3.63.